The van der Waals surface area contributed by atoms with E-state index in [1.165, 1.54) is 0 Å². The zero-order valence-corrected chi connectivity index (χ0v) is 12.2. The van der Waals surface area contributed by atoms with E-state index in [0.717, 1.165) is 6.42 Å². The smallest absolute Gasteiger partial charge is 0.236 e. The van der Waals surface area contributed by atoms with Gasteiger partial charge in [-0.05, 0) is 20.3 Å². The predicted molar refractivity (Wildman–Crippen MR) is 72.1 cm³/mol. The van der Waals surface area contributed by atoms with Crippen LogP contribution < -0.4 is 5.73 Å². The van der Waals surface area contributed by atoms with Crippen molar-refractivity contribution in [2.24, 2.45) is 16.3 Å². The van der Waals surface area contributed by atoms with Crippen LogP contribution in [0.3, 0.4) is 0 Å². The standard InChI is InChI=1S/C12H25N3O4/c1-12(2,10(13)14-17)11(16)15(7-9-19-4)6-5-8-18-3/h17H,5-9H2,1-4H3,(H2,13,14). The average molecular weight is 275 g/mol. The minimum absolute atomic E-state index is 0.105. The van der Waals surface area contributed by atoms with Gasteiger partial charge in [0.25, 0.3) is 0 Å². The number of nitrogens with zero attached hydrogens (tertiary/aromatic N) is 2. The molecular weight excluding hydrogens is 250 g/mol. The normalized spacial score (nSPS) is 12.5. The molecule has 1 amide bonds. The first-order valence-corrected chi connectivity index (χ1v) is 6.17. The van der Waals surface area contributed by atoms with Crippen LogP contribution in [0.15, 0.2) is 5.16 Å². The molecule has 0 radical (unpaired) electrons. The van der Waals surface area contributed by atoms with Crippen LogP contribution in [0.5, 0.6) is 0 Å². The van der Waals surface area contributed by atoms with Gasteiger partial charge in [-0.15, -0.1) is 0 Å². The summed E-state index contributed by atoms with van der Waals surface area (Å²) in [5, 5.41) is 11.7. The first kappa shape index (κ1) is 17.7. The number of nitrogens with two attached hydrogens (primary N) is 1. The van der Waals surface area contributed by atoms with Gasteiger partial charge >= 0.3 is 0 Å². The van der Waals surface area contributed by atoms with Gasteiger partial charge in [0.2, 0.25) is 5.91 Å². The lowest BCUT2D eigenvalue weighted by atomic mass is 9.90. The number of carbonyl (C=O) groups is 1. The maximum Gasteiger partial charge on any atom is 0.236 e. The Morgan fingerprint density at radius 3 is 2.32 bits per heavy atom. The van der Waals surface area contributed by atoms with Crippen molar-refractivity contribution in [1.29, 1.82) is 0 Å². The summed E-state index contributed by atoms with van der Waals surface area (Å²) < 4.78 is 9.97. The molecular formula is C12H25N3O4. The molecule has 0 unspecified atom stereocenters. The molecule has 0 aliphatic heterocycles. The van der Waals surface area contributed by atoms with Crippen molar-refractivity contribution in [3.8, 4) is 0 Å². The number of oxime groups is 1. The van der Waals surface area contributed by atoms with Crippen LogP contribution in [0.1, 0.15) is 20.3 Å². The number of amidine groups is 1. The van der Waals surface area contributed by atoms with Crippen molar-refractivity contribution in [3.63, 3.8) is 0 Å². The van der Waals surface area contributed by atoms with Crippen LogP contribution in [0.4, 0.5) is 0 Å². The minimum atomic E-state index is -1.05. The summed E-state index contributed by atoms with van der Waals surface area (Å²) in [4.78, 5) is 14.1. The first-order chi connectivity index (χ1) is 8.91. The van der Waals surface area contributed by atoms with Gasteiger partial charge in [-0.3, -0.25) is 4.79 Å². The molecule has 0 rings (SSSR count). The molecule has 3 N–H and O–H groups in total. The molecule has 0 aromatic rings. The van der Waals surface area contributed by atoms with E-state index in [4.69, 9.17) is 20.4 Å². The molecule has 0 heterocycles. The quantitative estimate of drug-likeness (QED) is 0.207. The number of hydrogen-bond acceptors (Lipinski definition) is 5. The zero-order valence-electron chi connectivity index (χ0n) is 12.2. The Hall–Kier alpha value is -1.34. The lowest BCUT2D eigenvalue weighted by molar-refractivity contribution is -0.138. The third-order valence-electron chi connectivity index (χ3n) is 2.91. The number of ether oxygens (including phenoxy) is 2. The van der Waals surface area contributed by atoms with E-state index in [1.54, 1.807) is 33.0 Å². The maximum atomic E-state index is 12.4. The Morgan fingerprint density at radius 2 is 1.84 bits per heavy atom. The summed E-state index contributed by atoms with van der Waals surface area (Å²) >= 11 is 0. The number of amides is 1. The van der Waals surface area contributed by atoms with Gasteiger partial charge in [-0.25, -0.2) is 0 Å². The third kappa shape index (κ3) is 5.44. The second-order valence-corrected chi connectivity index (χ2v) is 4.74. The van der Waals surface area contributed by atoms with E-state index in [0.29, 0.717) is 26.3 Å². The monoisotopic (exact) mass is 275 g/mol. The van der Waals surface area contributed by atoms with Crippen LogP contribution in [0.2, 0.25) is 0 Å². The highest BCUT2D eigenvalue weighted by atomic mass is 16.5. The summed E-state index contributed by atoms with van der Waals surface area (Å²) in [6, 6.07) is 0. The Morgan fingerprint density at radius 1 is 1.26 bits per heavy atom. The van der Waals surface area contributed by atoms with Crippen molar-refractivity contribution in [1.82, 2.24) is 4.90 Å². The van der Waals surface area contributed by atoms with Gasteiger partial charge < -0.3 is 25.3 Å². The van der Waals surface area contributed by atoms with Crippen LogP contribution in [0.25, 0.3) is 0 Å². The molecule has 19 heavy (non-hydrogen) atoms. The number of carbonyl (C=O) groups excluding carboxylic acids is 1. The van der Waals surface area contributed by atoms with Gasteiger partial charge in [0, 0.05) is 33.9 Å². The lowest BCUT2D eigenvalue weighted by Gasteiger charge is -2.31. The average Bonchev–Trinajstić information content (AvgIpc) is 2.40. The van der Waals surface area contributed by atoms with E-state index in [1.807, 2.05) is 0 Å². The lowest BCUT2D eigenvalue weighted by Crippen LogP contribution is -2.49. The summed E-state index contributed by atoms with van der Waals surface area (Å²) in [6.45, 7) is 5.26. The third-order valence-corrected chi connectivity index (χ3v) is 2.91. The maximum absolute atomic E-state index is 12.4. The molecule has 0 aliphatic rings. The second-order valence-electron chi connectivity index (χ2n) is 4.74. The topological polar surface area (TPSA) is 97.4 Å². The predicted octanol–water partition coefficient (Wildman–Crippen LogP) is 0.271. The zero-order chi connectivity index (χ0) is 14.9. The highest BCUT2D eigenvalue weighted by Gasteiger charge is 2.36. The number of rotatable bonds is 9. The van der Waals surface area contributed by atoms with Crippen molar-refractivity contribution in [2.75, 3.05) is 40.5 Å². The molecule has 0 aromatic carbocycles. The van der Waals surface area contributed by atoms with Crippen LogP contribution in [0, 0.1) is 5.41 Å². The molecule has 0 bridgehead atoms. The Labute approximate surface area is 114 Å². The van der Waals surface area contributed by atoms with Gasteiger partial charge in [0.1, 0.15) is 5.41 Å². The van der Waals surface area contributed by atoms with Crippen molar-refractivity contribution < 1.29 is 19.5 Å². The van der Waals surface area contributed by atoms with Crippen LogP contribution in [-0.2, 0) is 14.3 Å². The van der Waals surface area contributed by atoms with E-state index in [2.05, 4.69) is 5.16 Å². The minimum Gasteiger partial charge on any atom is -0.409 e. The molecule has 7 nitrogen and oxygen atoms in total. The Bertz CT molecular complexity index is 305. The van der Waals surface area contributed by atoms with Gasteiger partial charge in [-0.2, -0.15) is 0 Å². The fourth-order valence-electron chi connectivity index (χ4n) is 1.55. The molecule has 0 atom stereocenters. The van der Waals surface area contributed by atoms with Crippen LogP contribution >= 0.6 is 0 Å². The van der Waals surface area contributed by atoms with E-state index < -0.39 is 5.41 Å². The van der Waals surface area contributed by atoms with Crippen LogP contribution in [-0.4, -0.2) is 62.4 Å². The molecule has 112 valence electrons. The summed E-state index contributed by atoms with van der Waals surface area (Å²) in [7, 11) is 3.19. The first-order valence-electron chi connectivity index (χ1n) is 6.17. The summed E-state index contributed by atoms with van der Waals surface area (Å²) in [5.41, 5.74) is 4.52. The van der Waals surface area contributed by atoms with Crippen molar-refractivity contribution >= 4 is 11.7 Å². The molecule has 0 fully saturated rings. The molecule has 0 saturated carbocycles. The fourth-order valence-corrected chi connectivity index (χ4v) is 1.55. The second kappa shape index (κ2) is 8.71. The van der Waals surface area contributed by atoms with Gasteiger partial charge in [0.15, 0.2) is 5.84 Å². The highest BCUT2D eigenvalue weighted by molar-refractivity contribution is 6.05. The summed E-state index contributed by atoms with van der Waals surface area (Å²) in [6.07, 6.45) is 0.720. The van der Waals surface area contributed by atoms with E-state index in [-0.39, 0.29) is 11.7 Å². The Balaban J connectivity index is 4.77. The van der Waals surface area contributed by atoms with Crippen molar-refractivity contribution in [3.05, 3.63) is 0 Å². The number of hydrogen-bond donors (Lipinski definition) is 2. The SMILES string of the molecule is COCCCN(CCOC)C(=O)C(C)(C)C(N)=NO. The van der Waals surface area contributed by atoms with E-state index >= 15 is 0 Å². The van der Waals surface area contributed by atoms with E-state index in [9.17, 15) is 4.79 Å². The fraction of sp³-hybridized carbons (Fsp3) is 0.833. The molecule has 0 aliphatic carbocycles. The largest absolute Gasteiger partial charge is 0.409 e. The van der Waals surface area contributed by atoms with Gasteiger partial charge in [-0.1, -0.05) is 5.16 Å². The number of methoxy groups -OCH3 is 2. The highest BCUT2D eigenvalue weighted by Crippen LogP contribution is 2.19. The van der Waals surface area contributed by atoms with Crippen molar-refractivity contribution in [2.45, 2.75) is 20.3 Å². The molecule has 0 aromatic heterocycles. The molecule has 0 saturated heterocycles. The summed E-state index contributed by atoms with van der Waals surface area (Å²) in [5.74, 6) is -0.303. The van der Waals surface area contributed by atoms with Gasteiger partial charge in [0.05, 0.1) is 6.61 Å². The molecule has 7 heteroatoms. The Kier molecular flexibility index (Phi) is 8.09. The molecule has 0 spiro atoms.